The van der Waals surface area contributed by atoms with Crippen molar-refractivity contribution in [3.05, 3.63) is 96.1 Å². The Bertz CT molecular complexity index is 1800. The van der Waals surface area contributed by atoms with Crippen LogP contribution in [0.4, 0.5) is 0 Å². The minimum Gasteiger partial charge on any atom is -0.302 e. The fourth-order valence-electron chi connectivity index (χ4n) is 11.7. The van der Waals surface area contributed by atoms with Gasteiger partial charge in [-0.15, -0.1) is 0 Å². The van der Waals surface area contributed by atoms with Crippen molar-refractivity contribution in [3.63, 3.8) is 0 Å². The standard InChI is InChI=1S/C47H62N3P/c1-31-35(23-38-25-42(31)46(38,3)4)28-49(7)27-33-19-20-44-34(21-33)22-37(30-50(8)29-36-24-39-26-43(32(36)2)47(39,5)6)45(48-44)51(40-15-11-9-12-16-40)41-17-13-10-14-18-41/h9-22,31-32,35-36,38-39,42-43H,23-30H2,1-8H3/t31-,32-,35-,36-,38+,39+,42+,43+/m1/s1. The van der Waals surface area contributed by atoms with Crippen LogP contribution in [0.15, 0.2) is 84.9 Å². The molecule has 0 unspecified atom stereocenters. The Morgan fingerprint density at radius 1 is 0.647 bits per heavy atom. The van der Waals surface area contributed by atoms with E-state index in [0.29, 0.717) is 10.8 Å². The van der Waals surface area contributed by atoms with E-state index in [1.807, 2.05) is 0 Å². The third kappa shape index (κ3) is 6.53. The van der Waals surface area contributed by atoms with Crippen molar-refractivity contribution in [2.24, 2.45) is 58.2 Å². The van der Waals surface area contributed by atoms with E-state index in [0.717, 1.165) is 65.9 Å². The minimum absolute atomic E-state index is 0.531. The van der Waals surface area contributed by atoms with E-state index in [4.69, 9.17) is 4.98 Å². The third-order valence-corrected chi connectivity index (χ3v) is 17.6. The largest absolute Gasteiger partial charge is 0.302 e. The van der Waals surface area contributed by atoms with Gasteiger partial charge in [0.05, 0.1) is 11.0 Å². The lowest BCUT2D eigenvalue weighted by Gasteiger charge is -2.62. The number of pyridine rings is 1. The van der Waals surface area contributed by atoms with Crippen molar-refractivity contribution < 1.29 is 0 Å². The first-order valence-corrected chi connectivity index (χ1v) is 21.4. The number of aromatic nitrogens is 1. The number of hydrogen-bond donors (Lipinski definition) is 0. The SMILES string of the molecule is C[C@@H]1[C@@H](CN(C)Cc2ccc3nc(P(c4ccccc4)c4ccccc4)c(CN(C)C[C@H]4C[C@H]5C[C@@H]([C@@H]4C)C5(C)C)cc3c2)C[C@H]2C[C@@H]1C2(C)C. The monoisotopic (exact) mass is 699 g/mol. The minimum atomic E-state index is -0.801. The lowest BCUT2D eigenvalue weighted by molar-refractivity contribution is -0.132. The van der Waals surface area contributed by atoms with Crippen LogP contribution in [0.5, 0.6) is 0 Å². The Morgan fingerprint density at radius 2 is 1.16 bits per heavy atom. The summed E-state index contributed by atoms with van der Waals surface area (Å²) in [6, 6.07) is 31.9. The molecular weight excluding hydrogens is 638 g/mol. The van der Waals surface area contributed by atoms with Crippen LogP contribution in [0.3, 0.4) is 0 Å². The lowest BCUT2D eigenvalue weighted by Crippen LogP contribution is -2.56. The normalized spacial score (nSPS) is 30.4. The van der Waals surface area contributed by atoms with E-state index in [-0.39, 0.29) is 0 Å². The molecule has 8 atom stereocenters. The Morgan fingerprint density at radius 3 is 1.65 bits per heavy atom. The second-order valence-corrected chi connectivity index (χ2v) is 21.0. The summed E-state index contributed by atoms with van der Waals surface area (Å²) < 4.78 is 0. The Balaban J connectivity index is 1.08. The summed E-state index contributed by atoms with van der Waals surface area (Å²) in [7, 11) is 3.90. The predicted octanol–water partition coefficient (Wildman–Crippen LogP) is 9.49. The molecule has 4 bridgehead atoms. The molecule has 4 aromatic rings. The molecule has 6 fully saturated rings. The Hall–Kier alpha value is -2.58. The van der Waals surface area contributed by atoms with Gasteiger partial charge in [-0.2, -0.15) is 0 Å². The van der Waals surface area contributed by atoms with E-state index < -0.39 is 7.92 Å². The highest BCUT2D eigenvalue weighted by molar-refractivity contribution is 7.79. The summed E-state index contributed by atoms with van der Waals surface area (Å²) in [6.07, 6.45) is 5.69. The maximum Gasteiger partial charge on any atom is 0.0773 e. The summed E-state index contributed by atoms with van der Waals surface area (Å²) in [5.74, 6) is 6.82. The van der Waals surface area contributed by atoms with E-state index >= 15 is 0 Å². The lowest BCUT2D eigenvalue weighted by atomic mass is 9.43. The molecule has 51 heavy (non-hydrogen) atoms. The first kappa shape index (κ1) is 35.4. The molecule has 6 aliphatic rings. The van der Waals surface area contributed by atoms with Crippen molar-refractivity contribution in [2.75, 3.05) is 27.2 Å². The summed E-state index contributed by atoms with van der Waals surface area (Å²) in [4.78, 5) is 10.8. The van der Waals surface area contributed by atoms with Crippen molar-refractivity contribution >= 4 is 34.9 Å². The first-order valence-electron chi connectivity index (χ1n) is 20.1. The van der Waals surface area contributed by atoms with Crippen LogP contribution in [0, 0.1) is 58.2 Å². The van der Waals surface area contributed by atoms with Gasteiger partial charge in [0.2, 0.25) is 0 Å². The zero-order valence-corrected chi connectivity index (χ0v) is 33.5. The fraction of sp³-hybridized carbons (Fsp3) is 0.553. The molecule has 1 heterocycles. The highest BCUT2D eigenvalue weighted by Gasteiger charge is 2.57. The van der Waals surface area contributed by atoms with Crippen LogP contribution in [0.2, 0.25) is 0 Å². The number of hydrogen-bond acceptors (Lipinski definition) is 3. The number of fused-ring (bicyclic) bond motifs is 5. The van der Waals surface area contributed by atoms with Gasteiger partial charge in [-0.25, -0.2) is 4.98 Å². The van der Waals surface area contributed by atoms with Gasteiger partial charge in [0.25, 0.3) is 0 Å². The molecule has 10 rings (SSSR count). The summed E-state index contributed by atoms with van der Waals surface area (Å²) in [5.41, 5.74) is 6.26. The highest BCUT2D eigenvalue weighted by atomic mass is 31.1. The average molecular weight is 700 g/mol. The number of rotatable bonds is 11. The molecule has 0 radical (unpaired) electrons. The van der Waals surface area contributed by atoms with Crippen LogP contribution < -0.4 is 16.0 Å². The molecule has 270 valence electrons. The van der Waals surface area contributed by atoms with E-state index in [9.17, 15) is 0 Å². The molecule has 0 spiro atoms. The third-order valence-electron chi connectivity index (χ3n) is 15.2. The van der Waals surface area contributed by atoms with Crippen LogP contribution in [-0.4, -0.2) is 42.0 Å². The van der Waals surface area contributed by atoms with Crippen molar-refractivity contribution in [1.82, 2.24) is 14.8 Å². The number of benzene rings is 3. The van der Waals surface area contributed by atoms with Gasteiger partial charge in [-0.05, 0) is 138 Å². The molecule has 0 N–H and O–H groups in total. The zero-order chi connectivity index (χ0) is 35.7. The van der Waals surface area contributed by atoms with E-state index in [1.54, 1.807) is 0 Å². The molecule has 3 nitrogen and oxygen atoms in total. The molecular formula is C47H62N3P. The highest BCUT2D eigenvalue weighted by Crippen LogP contribution is 2.64. The molecule has 1 aromatic heterocycles. The van der Waals surface area contributed by atoms with Crippen molar-refractivity contribution in [3.8, 4) is 0 Å². The van der Waals surface area contributed by atoms with Gasteiger partial charge >= 0.3 is 0 Å². The average Bonchev–Trinajstić information content (AvgIpc) is 3.10. The molecule has 3 aromatic carbocycles. The van der Waals surface area contributed by atoms with Gasteiger partial charge in [-0.3, -0.25) is 0 Å². The van der Waals surface area contributed by atoms with E-state index in [1.165, 1.54) is 71.3 Å². The summed E-state index contributed by atoms with van der Waals surface area (Å²) in [6.45, 7) is 19.5. The predicted molar refractivity (Wildman–Crippen MR) is 218 cm³/mol. The van der Waals surface area contributed by atoms with Crippen LogP contribution >= 0.6 is 7.92 Å². The zero-order valence-electron chi connectivity index (χ0n) is 32.6. The Kier molecular flexibility index (Phi) is 9.51. The van der Waals surface area contributed by atoms with Crippen molar-refractivity contribution in [1.29, 1.82) is 0 Å². The Labute approximate surface area is 310 Å². The van der Waals surface area contributed by atoms with Gasteiger partial charge in [0.1, 0.15) is 0 Å². The van der Waals surface area contributed by atoms with Gasteiger partial charge < -0.3 is 9.80 Å². The van der Waals surface area contributed by atoms with E-state index in [2.05, 4.69) is 150 Å². The topological polar surface area (TPSA) is 19.4 Å². The fourth-order valence-corrected chi connectivity index (χ4v) is 14.1. The van der Waals surface area contributed by atoms with Gasteiger partial charge in [-0.1, -0.05) is 108 Å². The molecule has 6 aliphatic carbocycles. The molecule has 0 aliphatic heterocycles. The molecule has 0 saturated heterocycles. The number of nitrogens with zero attached hydrogens (tertiary/aromatic N) is 3. The maximum absolute atomic E-state index is 5.62. The summed E-state index contributed by atoms with van der Waals surface area (Å²) >= 11 is 0. The maximum atomic E-state index is 5.62. The van der Waals surface area contributed by atoms with Gasteiger partial charge in [0.15, 0.2) is 0 Å². The second-order valence-electron chi connectivity index (χ2n) is 18.8. The molecule has 4 heteroatoms. The van der Waals surface area contributed by atoms with Crippen LogP contribution in [0.1, 0.15) is 78.4 Å². The van der Waals surface area contributed by atoms with Crippen molar-refractivity contribution in [2.45, 2.75) is 80.3 Å². The van der Waals surface area contributed by atoms with Gasteiger partial charge in [0, 0.05) is 39.5 Å². The smallest absolute Gasteiger partial charge is 0.0773 e. The summed E-state index contributed by atoms with van der Waals surface area (Å²) in [5, 5.41) is 4.02. The van der Waals surface area contributed by atoms with Crippen LogP contribution in [0.25, 0.3) is 10.9 Å². The quantitative estimate of drug-likeness (QED) is 0.146. The molecule has 6 saturated carbocycles. The second kappa shape index (κ2) is 13.7. The first-order chi connectivity index (χ1) is 24.4. The molecule has 0 amide bonds. The van der Waals surface area contributed by atoms with Crippen LogP contribution in [-0.2, 0) is 13.1 Å².